The van der Waals surface area contributed by atoms with Gasteiger partial charge in [0.05, 0.1) is 25.4 Å². The monoisotopic (exact) mass is 305 g/mol. The molecule has 0 aromatic heterocycles. The molecule has 3 rings (SSSR count). The molecular weight excluding hydrogens is 278 g/mol. The van der Waals surface area contributed by atoms with Crippen LogP contribution in [0.2, 0.25) is 0 Å². The third-order valence-electron chi connectivity index (χ3n) is 4.63. The molecule has 2 aliphatic heterocycles. The minimum atomic E-state index is -0.425. The molecule has 3 unspecified atom stereocenters. The van der Waals surface area contributed by atoms with Crippen LogP contribution in [0, 0.1) is 0 Å². The smallest absolute Gasteiger partial charge is 0.0900 e. The summed E-state index contributed by atoms with van der Waals surface area (Å²) in [7, 11) is 0. The van der Waals surface area contributed by atoms with Gasteiger partial charge in [0.25, 0.3) is 0 Å². The molecule has 1 aromatic carbocycles. The summed E-state index contributed by atoms with van der Waals surface area (Å²) in [5, 5.41) is 10.2. The number of benzene rings is 1. The Morgan fingerprint density at radius 2 is 2.09 bits per heavy atom. The van der Waals surface area contributed by atoms with Crippen LogP contribution < -0.4 is 0 Å². The molecule has 1 aromatic rings. The van der Waals surface area contributed by atoms with E-state index < -0.39 is 6.10 Å². The molecule has 0 spiro atoms. The minimum Gasteiger partial charge on any atom is -0.389 e. The van der Waals surface area contributed by atoms with Crippen molar-refractivity contribution in [2.45, 2.75) is 43.9 Å². The molecule has 0 amide bonds. The number of likely N-dealkylation sites (tertiary alicyclic amines) is 1. The Morgan fingerprint density at radius 1 is 1.23 bits per heavy atom. The summed E-state index contributed by atoms with van der Waals surface area (Å²) in [6.45, 7) is 3.60. The van der Waals surface area contributed by atoms with Crippen molar-refractivity contribution < 1.29 is 14.6 Å². The Labute approximate surface area is 133 Å². The van der Waals surface area contributed by atoms with Crippen molar-refractivity contribution in [1.82, 2.24) is 4.90 Å². The molecule has 3 atom stereocenters. The molecule has 4 nitrogen and oxygen atoms in total. The summed E-state index contributed by atoms with van der Waals surface area (Å²) in [6.07, 6.45) is 4.39. The molecule has 0 radical (unpaired) electrons. The molecule has 2 aliphatic rings. The fourth-order valence-electron chi connectivity index (χ4n) is 3.53. The van der Waals surface area contributed by atoms with Gasteiger partial charge < -0.3 is 14.6 Å². The lowest BCUT2D eigenvalue weighted by molar-refractivity contribution is -0.0261. The molecule has 0 saturated carbocycles. The lowest BCUT2D eigenvalue weighted by Gasteiger charge is -2.27. The number of hydrogen-bond donors (Lipinski definition) is 1. The Balaban J connectivity index is 1.43. The third-order valence-corrected chi connectivity index (χ3v) is 4.63. The molecule has 122 valence electrons. The van der Waals surface area contributed by atoms with Crippen LogP contribution in [0.4, 0.5) is 0 Å². The average Bonchev–Trinajstić information content (AvgIpc) is 3.20. The number of nitrogens with zero attached hydrogens (tertiary/aromatic N) is 1. The maximum atomic E-state index is 10.2. The van der Waals surface area contributed by atoms with Gasteiger partial charge in [0.2, 0.25) is 0 Å². The van der Waals surface area contributed by atoms with Crippen LogP contribution in [0.5, 0.6) is 0 Å². The maximum Gasteiger partial charge on any atom is 0.0900 e. The summed E-state index contributed by atoms with van der Waals surface area (Å²) in [5.41, 5.74) is 1.35. The normalized spacial score (nSPS) is 27.3. The molecule has 2 heterocycles. The van der Waals surface area contributed by atoms with Gasteiger partial charge in [0.15, 0.2) is 0 Å². The maximum absolute atomic E-state index is 10.2. The second kappa shape index (κ2) is 8.06. The van der Waals surface area contributed by atoms with Gasteiger partial charge >= 0.3 is 0 Å². The van der Waals surface area contributed by atoms with E-state index in [1.165, 1.54) is 18.4 Å². The first-order valence-corrected chi connectivity index (χ1v) is 8.49. The van der Waals surface area contributed by atoms with Crippen LogP contribution in [0.25, 0.3) is 0 Å². The summed E-state index contributed by atoms with van der Waals surface area (Å²) in [4.78, 5) is 2.38. The van der Waals surface area contributed by atoms with Gasteiger partial charge in [-0.1, -0.05) is 30.3 Å². The van der Waals surface area contributed by atoms with Crippen LogP contribution >= 0.6 is 0 Å². The van der Waals surface area contributed by atoms with E-state index in [4.69, 9.17) is 9.47 Å². The Hall–Kier alpha value is -0.940. The van der Waals surface area contributed by atoms with Gasteiger partial charge in [0, 0.05) is 19.2 Å². The predicted octanol–water partition coefficient (Wildman–Crippen LogP) is 2.38. The number of aliphatic hydroxyl groups excluding tert-OH is 1. The van der Waals surface area contributed by atoms with Crippen LogP contribution in [0.1, 0.15) is 37.3 Å². The summed E-state index contributed by atoms with van der Waals surface area (Å²) < 4.78 is 11.2. The lowest BCUT2D eigenvalue weighted by atomic mass is 10.0. The zero-order valence-corrected chi connectivity index (χ0v) is 13.2. The Morgan fingerprint density at radius 3 is 2.86 bits per heavy atom. The summed E-state index contributed by atoms with van der Waals surface area (Å²) in [6, 6.07) is 11.0. The zero-order chi connectivity index (χ0) is 15.2. The molecular formula is C18H27NO3. The fourth-order valence-corrected chi connectivity index (χ4v) is 3.53. The van der Waals surface area contributed by atoms with Crippen molar-refractivity contribution in [3.05, 3.63) is 35.9 Å². The second-order valence-corrected chi connectivity index (χ2v) is 6.39. The first-order chi connectivity index (χ1) is 10.8. The topological polar surface area (TPSA) is 41.9 Å². The largest absolute Gasteiger partial charge is 0.389 e. The van der Waals surface area contributed by atoms with E-state index in [0.717, 1.165) is 26.0 Å². The quantitative estimate of drug-likeness (QED) is 0.840. The van der Waals surface area contributed by atoms with Gasteiger partial charge in [-0.05, 0) is 37.8 Å². The molecule has 4 heteroatoms. The molecule has 0 bridgehead atoms. The molecule has 2 fully saturated rings. The molecule has 1 N–H and O–H groups in total. The van der Waals surface area contributed by atoms with Crippen molar-refractivity contribution >= 4 is 0 Å². The highest BCUT2D eigenvalue weighted by molar-refractivity contribution is 5.20. The van der Waals surface area contributed by atoms with Gasteiger partial charge in [-0.2, -0.15) is 0 Å². The first kappa shape index (κ1) is 15.9. The fraction of sp³-hybridized carbons (Fsp3) is 0.667. The van der Waals surface area contributed by atoms with Crippen LogP contribution in [0.3, 0.4) is 0 Å². The average molecular weight is 305 g/mol. The number of β-amino-alcohol motifs (C(OH)–C–C–N with tert-alkyl or cyclic N) is 1. The van der Waals surface area contributed by atoms with Gasteiger partial charge in [0.1, 0.15) is 0 Å². The number of rotatable bonds is 7. The second-order valence-electron chi connectivity index (χ2n) is 6.39. The SMILES string of the molecule is OC(COCC1CCCO1)CN1CCCC1c1ccccc1. The standard InChI is InChI=1S/C18H27NO3/c20-16(13-21-14-17-8-5-11-22-17)12-19-10-4-9-18(19)15-6-2-1-3-7-15/h1-3,6-7,16-18,20H,4-5,8-14H2. The lowest BCUT2D eigenvalue weighted by Crippen LogP contribution is -2.35. The van der Waals surface area contributed by atoms with Gasteiger partial charge in [-0.15, -0.1) is 0 Å². The third kappa shape index (κ3) is 4.29. The number of hydrogen-bond acceptors (Lipinski definition) is 4. The van der Waals surface area contributed by atoms with Crippen molar-refractivity contribution in [3.63, 3.8) is 0 Å². The van der Waals surface area contributed by atoms with Crippen molar-refractivity contribution in [3.8, 4) is 0 Å². The predicted molar refractivity (Wildman–Crippen MR) is 85.8 cm³/mol. The highest BCUT2D eigenvalue weighted by Crippen LogP contribution is 2.31. The Kier molecular flexibility index (Phi) is 5.84. The van der Waals surface area contributed by atoms with Crippen LogP contribution in [-0.4, -0.2) is 55.1 Å². The van der Waals surface area contributed by atoms with Gasteiger partial charge in [-0.3, -0.25) is 4.90 Å². The molecule has 22 heavy (non-hydrogen) atoms. The van der Waals surface area contributed by atoms with E-state index in [0.29, 0.717) is 25.8 Å². The molecule has 2 saturated heterocycles. The highest BCUT2D eigenvalue weighted by Gasteiger charge is 2.27. The van der Waals surface area contributed by atoms with E-state index >= 15 is 0 Å². The van der Waals surface area contributed by atoms with Crippen LogP contribution in [0.15, 0.2) is 30.3 Å². The van der Waals surface area contributed by atoms with Crippen LogP contribution in [-0.2, 0) is 9.47 Å². The van der Waals surface area contributed by atoms with Crippen molar-refractivity contribution in [1.29, 1.82) is 0 Å². The van der Waals surface area contributed by atoms with E-state index in [9.17, 15) is 5.11 Å². The van der Waals surface area contributed by atoms with E-state index in [1.807, 2.05) is 0 Å². The zero-order valence-electron chi connectivity index (χ0n) is 13.2. The summed E-state index contributed by atoms with van der Waals surface area (Å²) >= 11 is 0. The van der Waals surface area contributed by atoms with E-state index in [-0.39, 0.29) is 6.10 Å². The Bertz CT molecular complexity index is 433. The number of aliphatic hydroxyl groups is 1. The highest BCUT2D eigenvalue weighted by atomic mass is 16.5. The minimum absolute atomic E-state index is 0.232. The molecule has 0 aliphatic carbocycles. The first-order valence-electron chi connectivity index (χ1n) is 8.49. The van der Waals surface area contributed by atoms with Crippen molar-refractivity contribution in [2.24, 2.45) is 0 Å². The van der Waals surface area contributed by atoms with Crippen molar-refractivity contribution in [2.75, 3.05) is 32.9 Å². The van der Waals surface area contributed by atoms with E-state index in [1.54, 1.807) is 0 Å². The van der Waals surface area contributed by atoms with E-state index in [2.05, 4.69) is 35.2 Å². The summed E-state index contributed by atoms with van der Waals surface area (Å²) in [5.74, 6) is 0. The van der Waals surface area contributed by atoms with Gasteiger partial charge in [-0.25, -0.2) is 0 Å². The number of ether oxygens (including phenoxy) is 2.